The van der Waals surface area contributed by atoms with Crippen LogP contribution in [0.2, 0.25) is 0 Å². The summed E-state index contributed by atoms with van der Waals surface area (Å²) in [7, 11) is 4.93. The molecule has 1 amide bonds. The molecule has 0 bridgehead atoms. The molecule has 0 aromatic heterocycles. The van der Waals surface area contributed by atoms with Crippen LogP contribution in [-0.2, 0) is 4.74 Å². The van der Waals surface area contributed by atoms with E-state index in [4.69, 9.17) is 9.47 Å². The summed E-state index contributed by atoms with van der Waals surface area (Å²) in [5, 5.41) is 9.16. The van der Waals surface area contributed by atoms with Crippen LogP contribution < -0.4 is 20.7 Å². The summed E-state index contributed by atoms with van der Waals surface area (Å²) >= 11 is 0. The van der Waals surface area contributed by atoms with Crippen molar-refractivity contribution in [2.45, 2.75) is 13.0 Å². The van der Waals surface area contributed by atoms with Gasteiger partial charge in [-0.1, -0.05) is 6.07 Å². The predicted molar refractivity (Wildman–Crippen MR) is 91.2 cm³/mol. The summed E-state index contributed by atoms with van der Waals surface area (Å²) < 4.78 is 10.2. The molecule has 1 rings (SSSR count). The zero-order valence-corrected chi connectivity index (χ0v) is 14.2. The lowest BCUT2D eigenvalue weighted by Gasteiger charge is -2.17. The van der Waals surface area contributed by atoms with Gasteiger partial charge in [0.1, 0.15) is 5.75 Å². The van der Waals surface area contributed by atoms with Gasteiger partial charge in [-0.15, -0.1) is 0 Å². The summed E-state index contributed by atoms with van der Waals surface area (Å²) in [6.45, 7) is 3.64. The molecule has 3 N–H and O–H groups in total. The lowest BCUT2D eigenvalue weighted by Crippen LogP contribution is -2.46. The van der Waals surface area contributed by atoms with Crippen LogP contribution in [0.4, 0.5) is 0 Å². The predicted octanol–water partition coefficient (Wildman–Crippen LogP) is 0.625. The summed E-state index contributed by atoms with van der Waals surface area (Å²) in [6.07, 6.45) is 0. The number of benzene rings is 1. The Labute approximate surface area is 137 Å². The summed E-state index contributed by atoms with van der Waals surface area (Å²) in [5.41, 5.74) is 0.570. The molecule has 0 spiro atoms. The van der Waals surface area contributed by atoms with Crippen molar-refractivity contribution in [3.05, 3.63) is 29.8 Å². The molecule has 0 radical (unpaired) electrons. The van der Waals surface area contributed by atoms with Crippen molar-refractivity contribution in [2.24, 2.45) is 4.99 Å². The number of amides is 1. The van der Waals surface area contributed by atoms with Crippen LogP contribution >= 0.6 is 0 Å². The van der Waals surface area contributed by atoms with Crippen LogP contribution in [0.5, 0.6) is 5.75 Å². The maximum atomic E-state index is 12.0. The Morgan fingerprint density at radius 3 is 2.65 bits per heavy atom. The molecule has 1 aromatic rings. The molecule has 0 fully saturated rings. The molecule has 1 atom stereocenters. The largest absolute Gasteiger partial charge is 0.497 e. The van der Waals surface area contributed by atoms with Crippen molar-refractivity contribution in [1.82, 2.24) is 16.0 Å². The highest BCUT2D eigenvalue weighted by Gasteiger charge is 2.07. The number of aliphatic imine (C=N–C) groups is 1. The SMILES string of the molecule is CN=C(NCCNC(=O)c1cccc(OC)c1)NC(C)COC. The topological polar surface area (TPSA) is 84.0 Å². The van der Waals surface area contributed by atoms with Crippen LogP contribution in [0.3, 0.4) is 0 Å². The first-order valence-electron chi connectivity index (χ1n) is 7.49. The van der Waals surface area contributed by atoms with Crippen LogP contribution in [0.1, 0.15) is 17.3 Å². The smallest absolute Gasteiger partial charge is 0.251 e. The van der Waals surface area contributed by atoms with E-state index in [9.17, 15) is 4.79 Å². The zero-order valence-electron chi connectivity index (χ0n) is 14.2. The number of hydrogen-bond donors (Lipinski definition) is 3. The third kappa shape index (κ3) is 7.01. The van der Waals surface area contributed by atoms with E-state index in [1.807, 2.05) is 6.92 Å². The molecule has 0 aliphatic rings. The summed E-state index contributed by atoms with van der Waals surface area (Å²) in [5.74, 6) is 1.19. The van der Waals surface area contributed by atoms with Crippen molar-refractivity contribution in [2.75, 3.05) is 41.0 Å². The van der Waals surface area contributed by atoms with Crippen LogP contribution in [0.25, 0.3) is 0 Å². The molecular weight excluding hydrogens is 296 g/mol. The molecule has 0 aliphatic carbocycles. The molecule has 7 nitrogen and oxygen atoms in total. The van der Waals surface area contributed by atoms with Crippen molar-refractivity contribution >= 4 is 11.9 Å². The second kappa shape index (κ2) is 10.4. The highest BCUT2D eigenvalue weighted by molar-refractivity contribution is 5.94. The van der Waals surface area contributed by atoms with E-state index in [-0.39, 0.29) is 11.9 Å². The molecule has 0 saturated heterocycles. The maximum Gasteiger partial charge on any atom is 0.251 e. The first-order valence-corrected chi connectivity index (χ1v) is 7.49. The van der Waals surface area contributed by atoms with Gasteiger partial charge in [-0.25, -0.2) is 0 Å². The molecular formula is C16H26N4O3. The highest BCUT2D eigenvalue weighted by atomic mass is 16.5. The third-order valence-corrected chi connectivity index (χ3v) is 3.06. The van der Waals surface area contributed by atoms with E-state index < -0.39 is 0 Å². The second-order valence-corrected chi connectivity index (χ2v) is 4.99. The van der Waals surface area contributed by atoms with Crippen molar-refractivity contribution in [3.63, 3.8) is 0 Å². The van der Waals surface area contributed by atoms with Gasteiger partial charge in [0.25, 0.3) is 5.91 Å². The molecule has 0 heterocycles. The van der Waals surface area contributed by atoms with Crippen LogP contribution in [0.15, 0.2) is 29.3 Å². The minimum atomic E-state index is -0.138. The van der Waals surface area contributed by atoms with Gasteiger partial charge in [0.05, 0.1) is 13.7 Å². The molecule has 0 aliphatic heterocycles. The van der Waals surface area contributed by atoms with Crippen molar-refractivity contribution in [1.29, 1.82) is 0 Å². The third-order valence-electron chi connectivity index (χ3n) is 3.06. The van der Waals surface area contributed by atoms with E-state index in [2.05, 4.69) is 20.9 Å². The number of nitrogens with one attached hydrogen (secondary N) is 3. The first-order chi connectivity index (χ1) is 11.1. The van der Waals surface area contributed by atoms with E-state index >= 15 is 0 Å². The monoisotopic (exact) mass is 322 g/mol. The van der Waals surface area contributed by atoms with Gasteiger partial charge in [-0.05, 0) is 25.1 Å². The highest BCUT2D eigenvalue weighted by Crippen LogP contribution is 2.11. The van der Waals surface area contributed by atoms with Crippen molar-refractivity contribution in [3.8, 4) is 5.75 Å². The van der Waals surface area contributed by atoms with Crippen molar-refractivity contribution < 1.29 is 14.3 Å². The molecule has 128 valence electrons. The lowest BCUT2D eigenvalue weighted by atomic mass is 10.2. The van der Waals surface area contributed by atoms with Crippen LogP contribution in [0, 0.1) is 0 Å². The van der Waals surface area contributed by atoms with Gasteiger partial charge < -0.3 is 25.4 Å². The van der Waals surface area contributed by atoms with Gasteiger partial charge >= 0.3 is 0 Å². The van der Waals surface area contributed by atoms with Gasteiger partial charge in [0, 0.05) is 38.9 Å². The van der Waals surface area contributed by atoms with Gasteiger partial charge in [-0.3, -0.25) is 9.79 Å². The van der Waals surface area contributed by atoms with E-state index in [0.717, 1.165) is 0 Å². The van der Waals surface area contributed by atoms with Gasteiger partial charge in [0.15, 0.2) is 5.96 Å². The Hall–Kier alpha value is -2.28. The minimum absolute atomic E-state index is 0.138. The molecule has 1 unspecified atom stereocenters. The molecule has 23 heavy (non-hydrogen) atoms. The van der Waals surface area contributed by atoms with E-state index in [1.165, 1.54) is 0 Å². The minimum Gasteiger partial charge on any atom is -0.497 e. The Balaban J connectivity index is 2.34. The normalized spacial score (nSPS) is 12.4. The number of nitrogens with zero attached hydrogens (tertiary/aromatic N) is 1. The average Bonchev–Trinajstić information content (AvgIpc) is 2.57. The Bertz CT molecular complexity index is 520. The standard InChI is InChI=1S/C16H26N4O3/c1-12(11-22-3)20-16(17-2)19-9-8-18-15(21)13-6-5-7-14(10-13)23-4/h5-7,10,12H,8-9,11H2,1-4H3,(H,18,21)(H2,17,19,20). The fourth-order valence-electron chi connectivity index (χ4n) is 1.94. The first kappa shape index (κ1) is 18.8. The van der Waals surface area contributed by atoms with Gasteiger partial charge in [-0.2, -0.15) is 0 Å². The number of guanidine groups is 1. The van der Waals surface area contributed by atoms with E-state index in [1.54, 1.807) is 45.5 Å². The summed E-state index contributed by atoms with van der Waals surface area (Å²) in [4.78, 5) is 16.2. The second-order valence-electron chi connectivity index (χ2n) is 4.99. The summed E-state index contributed by atoms with van der Waals surface area (Å²) in [6, 6.07) is 7.19. The molecule has 7 heteroatoms. The lowest BCUT2D eigenvalue weighted by molar-refractivity contribution is 0.0954. The Morgan fingerprint density at radius 1 is 1.26 bits per heavy atom. The average molecular weight is 322 g/mol. The number of carbonyl (C=O) groups excluding carboxylic acids is 1. The number of carbonyl (C=O) groups is 1. The maximum absolute atomic E-state index is 12.0. The Kier molecular flexibility index (Phi) is 8.52. The number of rotatable bonds is 8. The number of methoxy groups -OCH3 is 2. The molecule has 0 saturated carbocycles. The fraction of sp³-hybridized carbons (Fsp3) is 0.500. The quantitative estimate of drug-likeness (QED) is 0.371. The van der Waals surface area contributed by atoms with Gasteiger partial charge in [0.2, 0.25) is 0 Å². The van der Waals surface area contributed by atoms with E-state index in [0.29, 0.717) is 37.0 Å². The Morgan fingerprint density at radius 2 is 2.00 bits per heavy atom. The zero-order chi connectivity index (χ0) is 17.1. The number of ether oxygens (including phenoxy) is 2. The fourth-order valence-corrected chi connectivity index (χ4v) is 1.94. The van der Waals surface area contributed by atoms with Crippen LogP contribution in [-0.4, -0.2) is 58.9 Å². The number of hydrogen-bond acceptors (Lipinski definition) is 4. The molecule has 1 aromatic carbocycles.